The number of rotatable bonds is 5. The molecule has 0 bridgehead atoms. The summed E-state index contributed by atoms with van der Waals surface area (Å²) in [5.74, 6) is 0. The van der Waals surface area contributed by atoms with Crippen LogP contribution >= 0.6 is 0 Å². The fourth-order valence-corrected chi connectivity index (χ4v) is 0.999. The van der Waals surface area contributed by atoms with Gasteiger partial charge in [-0.15, -0.1) is 0 Å². The molecule has 2 N–H and O–H groups in total. The van der Waals surface area contributed by atoms with Crippen molar-refractivity contribution in [2.45, 2.75) is 20.1 Å². The summed E-state index contributed by atoms with van der Waals surface area (Å²) in [6.45, 7) is 3.38. The summed E-state index contributed by atoms with van der Waals surface area (Å²) in [5, 5.41) is 8.80. The van der Waals surface area contributed by atoms with E-state index in [9.17, 15) is 0 Å². The molecule has 0 aliphatic heterocycles. The van der Waals surface area contributed by atoms with Crippen LogP contribution in [-0.2, 0) is 18.0 Å². The summed E-state index contributed by atoms with van der Waals surface area (Å²) < 4.78 is 0. The number of hydrogen-bond donors (Lipinski definition) is 2. The van der Waals surface area contributed by atoms with Crippen molar-refractivity contribution in [3.63, 3.8) is 0 Å². The second kappa shape index (κ2) is 5.70. The lowest BCUT2D eigenvalue weighted by molar-refractivity contribution is 0.0463. The zero-order chi connectivity index (χ0) is 9.52. The molecule has 72 valence electrons. The minimum absolute atomic E-state index is 0.0964. The van der Waals surface area contributed by atoms with Gasteiger partial charge in [0.15, 0.2) is 0 Å². The molecule has 1 aromatic carbocycles. The monoisotopic (exact) mass is 181 g/mol. The summed E-state index contributed by atoms with van der Waals surface area (Å²) in [5.41, 5.74) is 4.90. The maximum Gasteiger partial charge on any atom is 0.0681 e. The van der Waals surface area contributed by atoms with Gasteiger partial charge in [0.05, 0.1) is 13.2 Å². The Bertz CT molecular complexity index is 233. The van der Waals surface area contributed by atoms with E-state index in [1.165, 1.54) is 0 Å². The van der Waals surface area contributed by atoms with Gasteiger partial charge in [-0.1, -0.05) is 24.3 Å². The van der Waals surface area contributed by atoms with E-state index in [4.69, 9.17) is 9.94 Å². The van der Waals surface area contributed by atoms with Crippen LogP contribution in [-0.4, -0.2) is 11.7 Å². The van der Waals surface area contributed by atoms with Crippen LogP contribution in [0.4, 0.5) is 0 Å². The van der Waals surface area contributed by atoms with Crippen LogP contribution in [0.15, 0.2) is 24.3 Å². The highest BCUT2D eigenvalue weighted by Gasteiger charge is 1.92. The molecule has 0 spiro atoms. The number of aliphatic hydroxyl groups is 1. The van der Waals surface area contributed by atoms with Gasteiger partial charge in [-0.25, -0.2) is 0 Å². The molecule has 0 saturated heterocycles. The average Bonchev–Trinajstić information content (AvgIpc) is 2.19. The number of nitrogens with one attached hydrogen (secondary N) is 1. The Kier molecular flexibility index (Phi) is 4.46. The zero-order valence-corrected chi connectivity index (χ0v) is 7.79. The molecule has 0 radical (unpaired) electrons. The molecule has 1 rings (SSSR count). The van der Waals surface area contributed by atoms with E-state index in [-0.39, 0.29) is 6.61 Å². The van der Waals surface area contributed by atoms with E-state index in [1.54, 1.807) is 0 Å². The van der Waals surface area contributed by atoms with Crippen molar-refractivity contribution in [1.29, 1.82) is 0 Å². The fourth-order valence-electron chi connectivity index (χ4n) is 0.999. The topological polar surface area (TPSA) is 41.5 Å². The summed E-state index contributed by atoms with van der Waals surface area (Å²) in [4.78, 5) is 4.99. The van der Waals surface area contributed by atoms with Crippen molar-refractivity contribution in [1.82, 2.24) is 5.48 Å². The van der Waals surface area contributed by atoms with Gasteiger partial charge in [-0.2, -0.15) is 5.48 Å². The van der Waals surface area contributed by atoms with Crippen LogP contribution in [0.1, 0.15) is 18.1 Å². The van der Waals surface area contributed by atoms with Crippen molar-refractivity contribution in [3.05, 3.63) is 35.4 Å². The van der Waals surface area contributed by atoms with Gasteiger partial charge in [0.2, 0.25) is 0 Å². The Hall–Kier alpha value is -0.900. The molecule has 0 aromatic heterocycles. The third-order valence-corrected chi connectivity index (χ3v) is 1.73. The first-order chi connectivity index (χ1) is 6.36. The third-order valence-electron chi connectivity index (χ3n) is 1.73. The normalized spacial score (nSPS) is 10.3. The summed E-state index contributed by atoms with van der Waals surface area (Å²) >= 11 is 0. The Morgan fingerprint density at radius 1 is 1.23 bits per heavy atom. The lowest BCUT2D eigenvalue weighted by Gasteiger charge is -2.04. The van der Waals surface area contributed by atoms with Crippen LogP contribution in [0, 0.1) is 0 Å². The van der Waals surface area contributed by atoms with E-state index in [0.29, 0.717) is 13.2 Å². The maximum atomic E-state index is 8.80. The van der Waals surface area contributed by atoms with Crippen molar-refractivity contribution in [2.75, 3.05) is 6.61 Å². The molecule has 0 aliphatic carbocycles. The number of aliphatic hydroxyl groups excluding tert-OH is 1. The van der Waals surface area contributed by atoms with E-state index >= 15 is 0 Å². The molecular weight excluding hydrogens is 166 g/mol. The molecule has 0 heterocycles. The smallest absolute Gasteiger partial charge is 0.0681 e. The van der Waals surface area contributed by atoms with Gasteiger partial charge in [0.25, 0.3) is 0 Å². The molecule has 0 saturated carbocycles. The highest BCUT2D eigenvalue weighted by molar-refractivity contribution is 5.21. The van der Waals surface area contributed by atoms with E-state index in [2.05, 4.69) is 5.48 Å². The first-order valence-electron chi connectivity index (χ1n) is 4.40. The fraction of sp³-hybridized carbons (Fsp3) is 0.400. The number of hydrogen-bond acceptors (Lipinski definition) is 3. The van der Waals surface area contributed by atoms with E-state index < -0.39 is 0 Å². The van der Waals surface area contributed by atoms with Crippen LogP contribution in [0.5, 0.6) is 0 Å². The highest BCUT2D eigenvalue weighted by atomic mass is 16.6. The second-order valence-electron chi connectivity index (χ2n) is 2.73. The molecule has 13 heavy (non-hydrogen) atoms. The van der Waals surface area contributed by atoms with Gasteiger partial charge in [0.1, 0.15) is 0 Å². The van der Waals surface area contributed by atoms with Crippen molar-refractivity contribution >= 4 is 0 Å². The minimum atomic E-state index is 0.0964. The Labute approximate surface area is 78.3 Å². The first kappa shape index (κ1) is 10.2. The van der Waals surface area contributed by atoms with Gasteiger partial charge in [-0.3, -0.25) is 0 Å². The van der Waals surface area contributed by atoms with Gasteiger partial charge >= 0.3 is 0 Å². The largest absolute Gasteiger partial charge is 0.392 e. The quantitative estimate of drug-likeness (QED) is 0.530. The van der Waals surface area contributed by atoms with Crippen molar-refractivity contribution in [3.8, 4) is 0 Å². The molecule has 3 nitrogen and oxygen atoms in total. The first-order valence-corrected chi connectivity index (χ1v) is 4.40. The van der Waals surface area contributed by atoms with Crippen LogP contribution in [0.3, 0.4) is 0 Å². The lowest BCUT2D eigenvalue weighted by Crippen LogP contribution is -2.13. The minimum Gasteiger partial charge on any atom is -0.392 e. The molecule has 0 unspecified atom stereocenters. The van der Waals surface area contributed by atoms with Crippen molar-refractivity contribution < 1.29 is 9.94 Å². The summed E-state index contributed by atoms with van der Waals surface area (Å²) in [6, 6.07) is 7.75. The molecule has 1 aromatic rings. The highest BCUT2D eigenvalue weighted by Crippen LogP contribution is 2.03. The van der Waals surface area contributed by atoms with Crippen LogP contribution in [0.25, 0.3) is 0 Å². The van der Waals surface area contributed by atoms with Crippen molar-refractivity contribution in [2.24, 2.45) is 0 Å². The number of hydroxylamine groups is 1. The van der Waals surface area contributed by atoms with Gasteiger partial charge in [0, 0.05) is 6.54 Å². The lowest BCUT2D eigenvalue weighted by atomic mass is 10.1. The Morgan fingerprint density at radius 2 is 1.85 bits per heavy atom. The maximum absolute atomic E-state index is 8.80. The SMILES string of the molecule is CCONCc1ccc(CO)cc1. The van der Waals surface area contributed by atoms with Gasteiger partial charge < -0.3 is 9.94 Å². The zero-order valence-electron chi connectivity index (χ0n) is 7.79. The molecular formula is C10H15NO2. The van der Waals surface area contributed by atoms with Gasteiger partial charge in [-0.05, 0) is 18.1 Å². The summed E-state index contributed by atoms with van der Waals surface area (Å²) in [6.07, 6.45) is 0. The molecule has 0 amide bonds. The standard InChI is InChI=1S/C10H15NO2/c1-2-13-11-7-9-3-5-10(8-12)6-4-9/h3-6,11-12H,2,7-8H2,1H3. The average molecular weight is 181 g/mol. The van der Waals surface area contributed by atoms with Crippen LogP contribution in [0.2, 0.25) is 0 Å². The third kappa shape index (κ3) is 3.55. The molecule has 0 aliphatic rings. The Balaban J connectivity index is 2.40. The predicted molar refractivity (Wildman–Crippen MR) is 50.8 cm³/mol. The molecule has 0 fully saturated rings. The van der Waals surface area contributed by atoms with E-state index in [1.807, 2.05) is 31.2 Å². The molecule has 0 atom stereocenters. The molecule has 3 heteroatoms. The van der Waals surface area contributed by atoms with E-state index in [0.717, 1.165) is 11.1 Å². The number of benzene rings is 1. The summed E-state index contributed by atoms with van der Waals surface area (Å²) in [7, 11) is 0. The second-order valence-corrected chi connectivity index (χ2v) is 2.73. The Morgan fingerprint density at radius 3 is 2.38 bits per heavy atom. The van der Waals surface area contributed by atoms with Crippen LogP contribution < -0.4 is 5.48 Å². The predicted octanol–water partition coefficient (Wildman–Crippen LogP) is 1.22.